The molecule has 0 aliphatic rings. The molecule has 2 aromatic carbocycles. The average molecular weight is 476 g/mol. The van der Waals surface area contributed by atoms with Crippen molar-refractivity contribution in [2.45, 2.75) is 13.3 Å². The van der Waals surface area contributed by atoms with Gasteiger partial charge in [-0.3, -0.25) is 0 Å². The van der Waals surface area contributed by atoms with Crippen molar-refractivity contribution in [3.8, 4) is 39.0 Å². The third-order valence-corrected chi connectivity index (χ3v) is 6.20. The third kappa shape index (κ3) is 4.42. The number of benzene rings is 2. The van der Waals surface area contributed by atoms with E-state index in [9.17, 15) is 13.2 Å². The van der Waals surface area contributed by atoms with Gasteiger partial charge in [0.25, 0.3) is 0 Å². The predicted molar refractivity (Wildman–Crippen MR) is 122 cm³/mol. The topological polar surface area (TPSA) is 39.9 Å². The Morgan fingerprint density at radius 1 is 1.16 bits per heavy atom. The maximum atomic E-state index is 12.4. The Morgan fingerprint density at radius 2 is 1.88 bits per heavy atom. The van der Waals surface area contributed by atoms with Crippen molar-refractivity contribution in [3.63, 3.8) is 0 Å². The minimum atomic E-state index is -4.72. The molecule has 2 aromatic heterocycles. The van der Waals surface area contributed by atoms with Crippen LogP contribution in [0, 0.1) is 6.92 Å². The molecule has 9 heteroatoms. The van der Waals surface area contributed by atoms with Crippen molar-refractivity contribution in [3.05, 3.63) is 70.6 Å². The Kier molecular flexibility index (Phi) is 5.83. The van der Waals surface area contributed by atoms with E-state index in [4.69, 9.17) is 16.6 Å². The number of rotatable bonds is 5. The molecule has 2 heterocycles. The molecule has 0 aliphatic carbocycles. The Hall–Kier alpha value is -3.10. The second-order valence-corrected chi connectivity index (χ2v) is 8.61. The summed E-state index contributed by atoms with van der Waals surface area (Å²) >= 11 is 7.92. The highest BCUT2D eigenvalue weighted by molar-refractivity contribution is 7.16. The van der Waals surface area contributed by atoms with Crippen LogP contribution in [0.2, 0.25) is 5.02 Å². The van der Waals surface area contributed by atoms with Crippen LogP contribution in [0.3, 0.4) is 0 Å². The highest BCUT2D eigenvalue weighted by Gasteiger charge is 2.31. The molecule has 0 saturated heterocycles. The zero-order valence-corrected chi connectivity index (χ0v) is 18.6. The Balaban J connectivity index is 1.69. The molecule has 164 valence electrons. The van der Waals surface area contributed by atoms with E-state index in [-0.39, 0.29) is 5.75 Å². The van der Waals surface area contributed by atoms with Crippen molar-refractivity contribution < 1.29 is 17.9 Å². The molecule has 0 spiro atoms. The number of aryl methyl sites for hydroxylation is 2. The summed E-state index contributed by atoms with van der Waals surface area (Å²) in [6, 6.07) is 13.3. The fraction of sp³-hybridized carbons (Fsp3) is 0.130. The first-order chi connectivity index (χ1) is 15.2. The molecule has 0 radical (unpaired) electrons. The maximum Gasteiger partial charge on any atom is 0.573 e. The zero-order valence-electron chi connectivity index (χ0n) is 17.1. The second kappa shape index (κ2) is 8.44. The van der Waals surface area contributed by atoms with Crippen molar-refractivity contribution in [2.75, 3.05) is 0 Å². The largest absolute Gasteiger partial charge is 0.573 e. The van der Waals surface area contributed by atoms with E-state index in [0.29, 0.717) is 22.2 Å². The standard InChI is InChI=1S/C23H17ClF3N3OS/c1-4-14-6-5-7-18(24)20(14)21-28-22(30(3)29-21)17-12-19(32-13(17)2)15-8-10-16(11-9-15)31-23(25,26)27/h4-12H,1H2,2-3H3. The lowest BCUT2D eigenvalue weighted by Gasteiger charge is -2.08. The molecule has 0 amide bonds. The smallest absolute Gasteiger partial charge is 0.406 e. The lowest BCUT2D eigenvalue weighted by molar-refractivity contribution is -0.274. The summed E-state index contributed by atoms with van der Waals surface area (Å²) in [5, 5.41) is 5.08. The Labute approximate surface area is 191 Å². The molecule has 0 saturated carbocycles. The number of aromatic nitrogens is 3. The van der Waals surface area contributed by atoms with Gasteiger partial charge in [0.1, 0.15) is 5.75 Å². The van der Waals surface area contributed by atoms with Crippen LogP contribution >= 0.6 is 22.9 Å². The molecular formula is C23H17ClF3N3OS. The van der Waals surface area contributed by atoms with Crippen LogP contribution in [-0.4, -0.2) is 21.1 Å². The van der Waals surface area contributed by atoms with Crippen LogP contribution in [0.4, 0.5) is 13.2 Å². The monoisotopic (exact) mass is 475 g/mol. The maximum absolute atomic E-state index is 12.4. The number of thiophene rings is 1. The van der Waals surface area contributed by atoms with Crippen molar-refractivity contribution in [1.29, 1.82) is 0 Å². The molecular weight excluding hydrogens is 459 g/mol. The van der Waals surface area contributed by atoms with Gasteiger partial charge in [0.05, 0.1) is 5.02 Å². The molecule has 0 bridgehead atoms. The fourth-order valence-electron chi connectivity index (χ4n) is 3.34. The summed E-state index contributed by atoms with van der Waals surface area (Å²) in [7, 11) is 1.80. The van der Waals surface area contributed by atoms with Gasteiger partial charge in [0.15, 0.2) is 11.6 Å². The second-order valence-electron chi connectivity index (χ2n) is 6.94. The van der Waals surface area contributed by atoms with Gasteiger partial charge in [0.2, 0.25) is 0 Å². The van der Waals surface area contributed by atoms with Crippen LogP contribution < -0.4 is 4.74 Å². The zero-order chi connectivity index (χ0) is 23.0. The molecule has 0 N–H and O–H groups in total. The first-order valence-corrected chi connectivity index (χ1v) is 10.6. The quantitative estimate of drug-likeness (QED) is 0.302. The first-order valence-electron chi connectivity index (χ1n) is 9.45. The van der Waals surface area contributed by atoms with Crippen LogP contribution in [0.25, 0.3) is 39.3 Å². The number of hydrogen-bond acceptors (Lipinski definition) is 4. The number of ether oxygens (including phenoxy) is 1. The fourth-order valence-corrected chi connectivity index (χ4v) is 4.63. The summed E-state index contributed by atoms with van der Waals surface area (Å²) in [4.78, 5) is 6.62. The lowest BCUT2D eigenvalue weighted by Crippen LogP contribution is -2.16. The molecule has 0 unspecified atom stereocenters. The van der Waals surface area contributed by atoms with Crippen LogP contribution in [0.1, 0.15) is 10.4 Å². The van der Waals surface area contributed by atoms with Crippen molar-refractivity contribution in [2.24, 2.45) is 7.05 Å². The van der Waals surface area contributed by atoms with E-state index < -0.39 is 6.36 Å². The summed E-state index contributed by atoms with van der Waals surface area (Å²) in [6.07, 6.45) is -3.01. The van der Waals surface area contributed by atoms with E-state index in [0.717, 1.165) is 26.4 Å². The van der Waals surface area contributed by atoms with Crippen LogP contribution in [-0.2, 0) is 7.05 Å². The minimum Gasteiger partial charge on any atom is -0.406 e. The van der Waals surface area contributed by atoms with E-state index in [1.54, 1.807) is 36.0 Å². The molecule has 32 heavy (non-hydrogen) atoms. The molecule has 0 atom stereocenters. The number of nitrogens with zero attached hydrogens (tertiary/aromatic N) is 3. The summed E-state index contributed by atoms with van der Waals surface area (Å²) in [6.45, 7) is 5.79. The highest BCUT2D eigenvalue weighted by Crippen LogP contribution is 2.38. The Morgan fingerprint density at radius 3 is 2.53 bits per heavy atom. The van der Waals surface area contributed by atoms with Crippen molar-refractivity contribution in [1.82, 2.24) is 14.8 Å². The summed E-state index contributed by atoms with van der Waals surface area (Å²) in [5.74, 6) is 0.890. The normalized spacial score (nSPS) is 11.6. The van der Waals surface area contributed by atoms with E-state index in [1.807, 2.05) is 25.1 Å². The van der Waals surface area contributed by atoms with Gasteiger partial charge in [-0.1, -0.05) is 36.4 Å². The van der Waals surface area contributed by atoms with Crippen LogP contribution in [0.5, 0.6) is 5.75 Å². The first kappa shape index (κ1) is 22.1. The lowest BCUT2D eigenvalue weighted by atomic mass is 10.1. The van der Waals surface area contributed by atoms with Gasteiger partial charge >= 0.3 is 6.36 Å². The number of halogens is 4. The number of hydrogen-bond donors (Lipinski definition) is 0. The van der Waals surface area contributed by atoms with Crippen molar-refractivity contribution >= 4 is 29.0 Å². The third-order valence-electron chi connectivity index (χ3n) is 4.78. The summed E-state index contributed by atoms with van der Waals surface area (Å²) in [5.41, 5.74) is 3.20. The van der Waals surface area contributed by atoms with Gasteiger partial charge in [-0.15, -0.1) is 24.5 Å². The SMILES string of the molecule is C=Cc1cccc(Cl)c1-c1nc(-c2cc(-c3ccc(OC(F)(F)F)cc3)sc2C)n(C)n1. The minimum absolute atomic E-state index is 0.259. The van der Waals surface area contributed by atoms with Gasteiger partial charge in [-0.05, 0) is 54.4 Å². The molecule has 4 rings (SSSR count). The summed E-state index contributed by atoms with van der Waals surface area (Å²) < 4.78 is 42.8. The van der Waals surface area contributed by atoms with Crippen LogP contribution in [0.15, 0.2) is 55.1 Å². The molecule has 4 aromatic rings. The van der Waals surface area contributed by atoms with Gasteiger partial charge in [0, 0.05) is 27.9 Å². The van der Waals surface area contributed by atoms with E-state index in [1.165, 1.54) is 23.5 Å². The average Bonchev–Trinajstić information content (AvgIpc) is 3.29. The number of alkyl halides is 3. The molecule has 4 nitrogen and oxygen atoms in total. The van der Waals surface area contributed by atoms with E-state index >= 15 is 0 Å². The highest BCUT2D eigenvalue weighted by atomic mass is 35.5. The van der Waals surface area contributed by atoms with Gasteiger partial charge in [-0.25, -0.2) is 9.67 Å². The van der Waals surface area contributed by atoms with Gasteiger partial charge in [-0.2, -0.15) is 5.10 Å². The predicted octanol–water partition coefficient (Wildman–Crippen LogP) is 7.38. The van der Waals surface area contributed by atoms with Gasteiger partial charge < -0.3 is 4.74 Å². The Bertz CT molecular complexity index is 1290. The molecule has 0 aliphatic heterocycles. The molecule has 0 fully saturated rings. The van der Waals surface area contributed by atoms with E-state index in [2.05, 4.69) is 16.4 Å².